The average Bonchev–Trinajstić information content (AvgIpc) is 2.25. The van der Waals surface area contributed by atoms with Crippen molar-refractivity contribution in [2.24, 2.45) is 5.73 Å². The van der Waals surface area contributed by atoms with Gasteiger partial charge in [0.2, 0.25) is 10.0 Å². The second-order valence-corrected chi connectivity index (χ2v) is 4.83. The lowest BCUT2D eigenvalue weighted by molar-refractivity contribution is -0.141. The van der Waals surface area contributed by atoms with E-state index in [-0.39, 0.29) is 30.4 Å². The first-order valence-corrected chi connectivity index (χ1v) is 5.98. The van der Waals surface area contributed by atoms with Gasteiger partial charge in [-0.3, -0.25) is 4.98 Å². The van der Waals surface area contributed by atoms with Crippen LogP contribution in [0.1, 0.15) is 5.69 Å². The number of hydrogen-bond donors (Lipinski definition) is 2. The SMILES string of the molecule is Cl.NCCNS(=O)(=O)c1ccc(C(F)(F)F)nc1. The molecular weight excluding hydrogens is 295 g/mol. The van der Waals surface area contributed by atoms with E-state index in [1.165, 1.54) is 0 Å². The Morgan fingerprint density at radius 3 is 2.33 bits per heavy atom. The van der Waals surface area contributed by atoms with Crippen molar-refractivity contribution in [2.75, 3.05) is 13.1 Å². The first-order valence-electron chi connectivity index (χ1n) is 4.50. The van der Waals surface area contributed by atoms with Crippen molar-refractivity contribution in [2.45, 2.75) is 11.1 Å². The Bertz CT molecular complexity index is 475. The highest BCUT2D eigenvalue weighted by Crippen LogP contribution is 2.27. The minimum absolute atomic E-state index is 0. The van der Waals surface area contributed by atoms with E-state index in [1.54, 1.807) is 0 Å². The van der Waals surface area contributed by atoms with Crippen molar-refractivity contribution in [3.8, 4) is 0 Å². The molecule has 18 heavy (non-hydrogen) atoms. The van der Waals surface area contributed by atoms with Gasteiger partial charge in [-0.25, -0.2) is 13.1 Å². The molecule has 0 saturated heterocycles. The Balaban J connectivity index is 0.00000289. The van der Waals surface area contributed by atoms with Crippen LogP contribution in [0.25, 0.3) is 0 Å². The predicted octanol–water partition coefficient (Wildman–Crippen LogP) is 0.759. The molecule has 104 valence electrons. The van der Waals surface area contributed by atoms with Crippen molar-refractivity contribution >= 4 is 22.4 Å². The van der Waals surface area contributed by atoms with Crippen molar-refractivity contribution < 1.29 is 21.6 Å². The molecule has 0 aliphatic rings. The number of nitrogens with one attached hydrogen (secondary N) is 1. The third kappa shape index (κ3) is 4.41. The zero-order valence-corrected chi connectivity index (χ0v) is 10.6. The summed E-state index contributed by atoms with van der Waals surface area (Å²) in [5, 5.41) is 0. The molecule has 1 rings (SSSR count). The lowest BCUT2D eigenvalue weighted by atomic mass is 10.3. The van der Waals surface area contributed by atoms with E-state index in [2.05, 4.69) is 9.71 Å². The summed E-state index contributed by atoms with van der Waals surface area (Å²) in [5.74, 6) is 0. The van der Waals surface area contributed by atoms with Crippen LogP contribution in [-0.2, 0) is 16.2 Å². The van der Waals surface area contributed by atoms with Gasteiger partial charge in [0.25, 0.3) is 0 Å². The molecule has 0 atom stereocenters. The summed E-state index contributed by atoms with van der Waals surface area (Å²) >= 11 is 0. The number of alkyl halides is 3. The summed E-state index contributed by atoms with van der Waals surface area (Å²) in [4.78, 5) is 2.71. The van der Waals surface area contributed by atoms with Gasteiger partial charge in [0, 0.05) is 19.3 Å². The zero-order valence-electron chi connectivity index (χ0n) is 8.94. The molecule has 0 aromatic carbocycles. The van der Waals surface area contributed by atoms with Gasteiger partial charge in [-0.05, 0) is 12.1 Å². The highest BCUT2D eigenvalue weighted by molar-refractivity contribution is 7.89. The van der Waals surface area contributed by atoms with Gasteiger partial charge in [0.05, 0.1) is 0 Å². The van der Waals surface area contributed by atoms with Crippen LogP contribution in [0.3, 0.4) is 0 Å². The van der Waals surface area contributed by atoms with E-state index in [0.717, 1.165) is 6.07 Å². The number of pyridine rings is 1. The number of nitrogens with zero attached hydrogens (tertiary/aromatic N) is 1. The van der Waals surface area contributed by atoms with Crippen LogP contribution < -0.4 is 10.5 Å². The van der Waals surface area contributed by atoms with Gasteiger partial charge in [-0.1, -0.05) is 0 Å². The van der Waals surface area contributed by atoms with Gasteiger partial charge in [0.1, 0.15) is 10.6 Å². The van der Waals surface area contributed by atoms with E-state index >= 15 is 0 Å². The lowest BCUT2D eigenvalue weighted by Crippen LogP contribution is -2.29. The number of halogens is 4. The van der Waals surface area contributed by atoms with Crippen LogP contribution in [0.2, 0.25) is 0 Å². The number of rotatable bonds is 4. The van der Waals surface area contributed by atoms with Crippen LogP contribution in [-0.4, -0.2) is 26.5 Å². The summed E-state index contributed by atoms with van der Waals surface area (Å²) in [6, 6.07) is 1.45. The normalized spacial score (nSPS) is 12.0. The molecule has 0 spiro atoms. The maximum absolute atomic E-state index is 12.2. The van der Waals surface area contributed by atoms with Gasteiger partial charge in [0.15, 0.2) is 0 Å². The molecule has 0 unspecified atom stereocenters. The highest BCUT2D eigenvalue weighted by atomic mass is 35.5. The van der Waals surface area contributed by atoms with Crippen molar-refractivity contribution in [1.82, 2.24) is 9.71 Å². The summed E-state index contributed by atoms with van der Waals surface area (Å²) in [6.45, 7) is 0.0939. The van der Waals surface area contributed by atoms with Crippen LogP contribution >= 0.6 is 12.4 Å². The molecule has 1 aromatic rings. The molecule has 0 aliphatic heterocycles. The first kappa shape index (κ1) is 17.1. The third-order valence-electron chi connectivity index (χ3n) is 1.77. The van der Waals surface area contributed by atoms with E-state index in [4.69, 9.17) is 5.73 Å². The fourth-order valence-electron chi connectivity index (χ4n) is 0.984. The molecule has 0 saturated carbocycles. The third-order valence-corrected chi connectivity index (χ3v) is 3.22. The van der Waals surface area contributed by atoms with E-state index < -0.39 is 21.9 Å². The van der Waals surface area contributed by atoms with Gasteiger partial charge >= 0.3 is 6.18 Å². The molecule has 5 nitrogen and oxygen atoms in total. The van der Waals surface area contributed by atoms with E-state index in [1.807, 2.05) is 0 Å². The number of hydrogen-bond acceptors (Lipinski definition) is 4. The first-order chi connectivity index (χ1) is 7.77. The van der Waals surface area contributed by atoms with Crippen LogP contribution in [0.5, 0.6) is 0 Å². The minimum Gasteiger partial charge on any atom is -0.329 e. The van der Waals surface area contributed by atoms with Crippen LogP contribution in [0.4, 0.5) is 13.2 Å². The Kier molecular flexibility index (Phi) is 6.00. The second kappa shape index (κ2) is 6.32. The number of aromatic nitrogens is 1. The fraction of sp³-hybridized carbons (Fsp3) is 0.375. The Morgan fingerprint density at radius 2 is 1.94 bits per heavy atom. The lowest BCUT2D eigenvalue weighted by Gasteiger charge is -2.07. The maximum Gasteiger partial charge on any atom is 0.433 e. The molecule has 0 amide bonds. The molecular formula is C8H11ClF3N3O2S. The van der Waals surface area contributed by atoms with Crippen molar-refractivity contribution in [1.29, 1.82) is 0 Å². The largest absolute Gasteiger partial charge is 0.433 e. The smallest absolute Gasteiger partial charge is 0.329 e. The highest BCUT2D eigenvalue weighted by Gasteiger charge is 2.32. The Hall–Kier alpha value is -0.900. The van der Waals surface area contributed by atoms with Gasteiger partial charge in [-0.15, -0.1) is 12.4 Å². The van der Waals surface area contributed by atoms with E-state index in [9.17, 15) is 21.6 Å². The Labute approximate surface area is 108 Å². The summed E-state index contributed by atoms with van der Waals surface area (Å²) in [5.41, 5.74) is 3.96. The average molecular weight is 306 g/mol. The zero-order chi connectivity index (χ0) is 13.1. The molecule has 0 fully saturated rings. The monoisotopic (exact) mass is 305 g/mol. The number of nitrogens with two attached hydrogens (primary N) is 1. The standard InChI is InChI=1S/C8H10F3N3O2S.ClH/c9-8(10,11)7-2-1-6(5-13-7)17(15,16)14-4-3-12;/h1-2,5,14H,3-4,12H2;1H. The second-order valence-electron chi connectivity index (χ2n) is 3.06. The topological polar surface area (TPSA) is 85.1 Å². The van der Waals surface area contributed by atoms with Crippen molar-refractivity contribution in [3.63, 3.8) is 0 Å². The van der Waals surface area contributed by atoms with Crippen LogP contribution in [0.15, 0.2) is 23.2 Å². The summed E-state index contributed by atoms with van der Waals surface area (Å²) in [6.07, 6.45) is -3.94. The molecule has 0 radical (unpaired) electrons. The molecule has 3 N–H and O–H groups in total. The van der Waals surface area contributed by atoms with Gasteiger partial charge in [-0.2, -0.15) is 13.2 Å². The number of sulfonamides is 1. The van der Waals surface area contributed by atoms with Crippen LogP contribution in [0, 0.1) is 0 Å². The van der Waals surface area contributed by atoms with Gasteiger partial charge < -0.3 is 5.73 Å². The molecule has 0 aliphatic carbocycles. The maximum atomic E-state index is 12.2. The molecule has 1 heterocycles. The minimum atomic E-state index is -4.59. The molecule has 0 bridgehead atoms. The molecule has 10 heteroatoms. The molecule has 1 aromatic heterocycles. The summed E-state index contributed by atoms with van der Waals surface area (Å²) < 4.78 is 61.6. The van der Waals surface area contributed by atoms with E-state index in [0.29, 0.717) is 12.3 Å². The predicted molar refractivity (Wildman–Crippen MR) is 60.7 cm³/mol. The quantitative estimate of drug-likeness (QED) is 0.860. The fourth-order valence-corrected chi connectivity index (χ4v) is 1.98. The van der Waals surface area contributed by atoms with Crippen molar-refractivity contribution in [3.05, 3.63) is 24.0 Å². The summed E-state index contributed by atoms with van der Waals surface area (Å²) in [7, 11) is -3.84. The Morgan fingerprint density at radius 1 is 1.33 bits per heavy atom.